The number of carbonyl (C=O) groups excluding carboxylic acids is 1. The van der Waals surface area contributed by atoms with Gasteiger partial charge in [-0.25, -0.2) is 23.3 Å². The Kier molecular flexibility index (Phi) is 12.4. The van der Waals surface area contributed by atoms with Gasteiger partial charge in [0.2, 0.25) is 5.91 Å². The molecule has 1 aromatic heterocycles. The summed E-state index contributed by atoms with van der Waals surface area (Å²) in [6.45, 7) is 7.77. The standard InChI is InChI=1S/C14H18F2N4O3S2.C12H17NO.C2H2/c1-8(12(22)23)20-4-2-9(11(20)21)18-25-10-6-17-13(24-10)19-5-3-14(15,16)7-19;1-5-10-6-8(2)12(14-4)7-11(10)9(3)13;1-2/h6,8-9,18H,2-5,7H2,1H3,(H,22,23);5-7H,13H2,1-4H3;1-2H/b;10-5-,11-9+;/t8-,9+;;/m1../s1. The first-order valence-corrected chi connectivity index (χ1v) is 14.4. The molecule has 2 aliphatic heterocycles. The van der Waals surface area contributed by atoms with Gasteiger partial charge in [-0.1, -0.05) is 17.4 Å². The lowest BCUT2D eigenvalue weighted by molar-refractivity contribution is -0.147. The van der Waals surface area contributed by atoms with Crippen LogP contribution in [0, 0.1) is 19.8 Å². The topological polar surface area (TPSA) is 121 Å². The summed E-state index contributed by atoms with van der Waals surface area (Å²) in [5.41, 5.74) is 7.75. The normalized spacial score (nSPS) is 19.6. The van der Waals surface area contributed by atoms with Crippen molar-refractivity contribution in [2.75, 3.05) is 31.6 Å². The number of aryl methyl sites for hydroxylation is 1. The van der Waals surface area contributed by atoms with Gasteiger partial charge in [0, 0.05) is 30.4 Å². The Bertz CT molecular complexity index is 1360. The van der Waals surface area contributed by atoms with E-state index in [1.54, 1.807) is 18.2 Å². The van der Waals surface area contributed by atoms with Crippen molar-refractivity contribution in [2.24, 2.45) is 5.73 Å². The van der Waals surface area contributed by atoms with E-state index in [1.807, 2.05) is 26.8 Å². The Hall–Kier alpha value is -3.34. The second kappa shape index (κ2) is 15.0. The summed E-state index contributed by atoms with van der Waals surface area (Å²) in [4.78, 5) is 30.3. The third-order valence-electron chi connectivity index (χ3n) is 6.58. The molecule has 13 heteroatoms. The number of carbonyl (C=O) groups is 2. The summed E-state index contributed by atoms with van der Waals surface area (Å²) in [7, 11) is 1.67. The van der Waals surface area contributed by atoms with Gasteiger partial charge >= 0.3 is 5.97 Å². The van der Waals surface area contributed by atoms with Crippen molar-refractivity contribution in [2.45, 2.75) is 62.8 Å². The third-order valence-corrected chi connectivity index (χ3v) is 8.64. The number of nitrogens with two attached hydrogens (primary N) is 1. The number of carboxylic acid groups (broad SMARTS) is 1. The number of benzene rings is 1. The Morgan fingerprint density at radius 3 is 2.61 bits per heavy atom. The number of nitrogens with one attached hydrogen (secondary N) is 1. The SMILES string of the molecule is C#C.C/C=c1/cc(C)c(OC)c/c1=C(/C)N.C[C@H](C(=O)O)N1CC[C@H](NSc2cnc(N3CCC(F)(F)C3)s2)C1=O. The van der Waals surface area contributed by atoms with E-state index in [4.69, 9.17) is 15.6 Å². The van der Waals surface area contributed by atoms with E-state index in [0.29, 0.717) is 18.1 Å². The van der Waals surface area contributed by atoms with Crippen molar-refractivity contribution < 1.29 is 28.2 Å². The van der Waals surface area contributed by atoms with Crippen molar-refractivity contribution in [1.29, 1.82) is 0 Å². The predicted octanol–water partition coefficient (Wildman–Crippen LogP) is 2.80. The number of likely N-dealkylation sites (tertiary alicyclic amines) is 1. The van der Waals surface area contributed by atoms with Gasteiger partial charge in [-0.2, -0.15) is 0 Å². The molecule has 4 N–H and O–H groups in total. The zero-order chi connectivity index (χ0) is 30.9. The largest absolute Gasteiger partial charge is 0.496 e. The Balaban J connectivity index is 0.000000312. The van der Waals surface area contributed by atoms with Crippen LogP contribution < -0.4 is 30.5 Å². The molecule has 9 nitrogen and oxygen atoms in total. The van der Waals surface area contributed by atoms with Crippen LogP contribution in [0.25, 0.3) is 11.8 Å². The van der Waals surface area contributed by atoms with Crippen LogP contribution in [0.15, 0.2) is 22.5 Å². The molecule has 41 heavy (non-hydrogen) atoms. The number of anilines is 1. The molecule has 224 valence electrons. The molecule has 0 saturated carbocycles. The summed E-state index contributed by atoms with van der Waals surface area (Å²) in [5.74, 6) is -3.06. The van der Waals surface area contributed by atoms with Gasteiger partial charge in [0.25, 0.3) is 5.92 Å². The molecule has 2 atom stereocenters. The molecule has 3 heterocycles. The van der Waals surface area contributed by atoms with Crippen LogP contribution in [0.5, 0.6) is 5.75 Å². The number of aromatic nitrogens is 1. The maximum Gasteiger partial charge on any atom is 0.326 e. The van der Waals surface area contributed by atoms with Gasteiger partial charge in [0.15, 0.2) is 5.13 Å². The van der Waals surface area contributed by atoms with E-state index >= 15 is 0 Å². The summed E-state index contributed by atoms with van der Waals surface area (Å²) >= 11 is 2.51. The highest BCUT2D eigenvalue weighted by atomic mass is 32.2. The van der Waals surface area contributed by atoms with Crippen LogP contribution in [-0.4, -0.2) is 71.6 Å². The Labute approximate surface area is 247 Å². The average Bonchev–Trinajstić information content (AvgIpc) is 3.66. The maximum atomic E-state index is 13.3. The number of aliphatic carboxylic acids is 1. The lowest BCUT2D eigenvalue weighted by Gasteiger charge is -2.20. The van der Waals surface area contributed by atoms with E-state index < -0.39 is 24.0 Å². The molecule has 2 aromatic rings. The number of hydrogen-bond acceptors (Lipinski definition) is 9. The van der Waals surface area contributed by atoms with Gasteiger partial charge in [0.05, 0.1) is 30.1 Å². The minimum absolute atomic E-state index is 0.165. The first kappa shape index (κ1) is 33.9. The fourth-order valence-electron chi connectivity index (χ4n) is 4.31. The summed E-state index contributed by atoms with van der Waals surface area (Å²) < 4.78 is 35.6. The first-order chi connectivity index (χ1) is 19.4. The van der Waals surface area contributed by atoms with Crippen LogP contribution in [0.2, 0.25) is 0 Å². The summed E-state index contributed by atoms with van der Waals surface area (Å²) in [6, 6.07) is 2.76. The highest BCUT2D eigenvalue weighted by Gasteiger charge is 2.39. The Morgan fingerprint density at radius 1 is 1.39 bits per heavy atom. The highest BCUT2D eigenvalue weighted by Crippen LogP contribution is 2.35. The smallest absolute Gasteiger partial charge is 0.326 e. The fourth-order valence-corrected chi connectivity index (χ4v) is 6.10. The quantitative estimate of drug-likeness (QED) is 0.322. The van der Waals surface area contributed by atoms with Gasteiger partial charge in [-0.3, -0.25) is 4.79 Å². The highest BCUT2D eigenvalue weighted by molar-refractivity contribution is 7.99. The van der Waals surface area contributed by atoms with Gasteiger partial charge in [0.1, 0.15) is 11.8 Å². The number of ether oxygens (including phenoxy) is 1. The zero-order valence-corrected chi connectivity index (χ0v) is 25.5. The zero-order valence-electron chi connectivity index (χ0n) is 23.8. The minimum atomic E-state index is -2.67. The number of alkyl halides is 2. The summed E-state index contributed by atoms with van der Waals surface area (Å²) in [5, 5.41) is 11.8. The number of amides is 1. The molecular weight excluding hydrogens is 572 g/mol. The van der Waals surface area contributed by atoms with Crippen molar-refractivity contribution in [3.05, 3.63) is 34.3 Å². The van der Waals surface area contributed by atoms with Crippen molar-refractivity contribution >= 4 is 52.1 Å². The number of hydrogen-bond donors (Lipinski definition) is 3. The van der Waals surface area contributed by atoms with Crippen LogP contribution >= 0.6 is 23.3 Å². The van der Waals surface area contributed by atoms with Crippen molar-refractivity contribution in [3.63, 3.8) is 0 Å². The number of thiazole rings is 1. The number of rotatable bonds is 7. The number of halogens is 2. The maximum absolute atomic E-state index is 13.3. The third kappa shape index (κ3) is 8.82. The number of nitrogens with zero attached hydrogens (tertiary/aromatic N) is 3. The average molecular weight is 610 g/mol. The first-order valence-electron chi connectivity index (χ1n) is 12.8. The molecule has 0 aliphatic carbocycles. The second-order valence-corrected chi connectivity index (χ2v) is 11.6. The number of terminal acetylenes is 1. The van der Waals surface area contributed by atoms with Gasteiger partial charge < -0.3 is 25.4 Å². The Morgan fingerprint density at radius 2 is 2.07 bits per heavy atom. The molecular formula is C28H37F2N5O4S2. The molecule has 2 fully saturated rings. The number of methoxy groups -OCH3 is 1. The predicted molar refractivity (Wildman–Crippen MR) is 160 cm³/mol. The van der Waals surface area contributed by atoms with Crippen molar-refractivity contribution in [3.8, 4) is 18.6 Å². The van der Waals surface area contributed by atoms with Crippen LogP contribution in [0.4, 0.5) is 13.9 Å². The second-order valence-electron chi connectivity index (χ2n) is 9.48. The molecule has 0 spiro atoms. The van der Waals surface area contributed by atoms with E-state index in [0.717, 1.165) is 31.7 Å². The minimum Gasteiger partial charge on any atom is -0.496 e. The summed E-state index contributed by atoms with van der Waals surface area (Å²) in [6.07, 6.45) is 12.0. The fraction of sp³-hybridized carbons (Fsp3) is 0.464. The molecule has 2 saturated heterocycles. The number of carboxylic acids is 1. The molecule has 4 rings (SSSR count). The molecule has 0 bridgehead atoms. The van der Waals surface area contributed by atoms with E-state index in [-0.39, 0.29) is 25.4 Å². The lowest BCUT2D eigenvalue weighted by atomic mass is 10.1. The van der Waals surface area contributed by atoms with Crippen LogP contribution in [0.3, 0.4) is 0 Å². The monoisotopic (exact) mass is 609 g/mol. The van der Waals surface area contributed by atoms with Gasteiger partial charge in [-0.15, -0.1) is 12.8 Å². The van der Waals surface area contributed by atoms with Crippen LogP contribution in [-0.2, 0) is 9.59 Å². The van der Waals surface area contributed by atoms with Gasteiger partial charge in [-0.05, 0) is 69.0 Å². The molecule has 2 aliphatic rings. The molecule has 0 unspecified atom stereocenters. The molecule has 0 radical (unpaired) electrons. The lowest BCUT2D eigenvalue weighted by Crippen LogP contribution is -2.43. The van der Waals surface area contributed by atoms with E-state index in [9.17, 15) is 18.4 Å². The van der Waals surface area contributed by atoms with Crippen LogP contribution in [0.1, 0.15) is 39.2 Å². The molecule has 1 aromatic carbocycles. The molecule has 1 amide bonds. The van der Waals surface area contributed by atoms with E-state index in [1.165, 1.54) is 35.1 Å². The van der Waals surface area contributed by atoms with E-state index in [2.05, 4.69) is 34.7 Å². The van der Waals surface area contributed by atoms with Crippen molar-refractivity contribution in [1.82, 2.24) is 14.6 Å².